The zero-order valence-electron chi connectivity index (χ0n) is 14.5. The van der Waals surface area contributed by atoms with Gasteiger partial charge >= 0.3 is 0 Å². The Kier molecular flexibility index (Phi) is 4.72. The average Bonchev–Trinajstić information content (AvgIpc) is 3.23. The van der Waals surface area contributed by atoms with Gasteiger partial charge in [-0.1, -0.05) is 24.3 Å². The van der Waals surface area contributed by atoms with Gasteiger partial charge in [-0.3, -0.25) is 9.89 Å². The Morgan fingerprint density at radius 1 is 1.29 bits per heavy atom. The molecule has 0 spiro atoms. The highest BCUT2D eigenvalue weighted by molar-refractivity contribution is 5.80. The van der Waals surface area contributed by atoms with Crippen molar-refractivity contribution in [2.24, 2.45) is 4.99 Å². The van der Waals surface area contributed by atoms with Crippen molar-refractivity contribution in [3.05, 3.63) is 35.4 Å². The molecule has 5 heteroatoms. The molecule has 3 aliphatic heterocycles. The monoisotopic (exact) mass is 328 g/mol. The van der Waals surface area contributed by atoms with Gasteiger partial charge in [0.2, 0.25) is 0 Å². The third-order valence-corrected chi connectivity index (χ3v) is 5.58. The Labute approximate surface area is 144 Å². The summed E-state index contributed by atoms with van der Waals surface area (Å²) in [6.07, 6.45) is 5.55. The van der Waals surface area contributed by atoms with Crippen molar-refractivity contribution < 1.29 is 4.74 Å². The Balaban J connectivity index is 1.22. The first-order chi connectivity index (χ1) is 11.8. The van der Waals surface area contributed by atoms with E-state index in [1.165, 1.54) is 24.0 Å². The van der Waals surface area contributed by atoms with Gasteiger partial charge in [-0.05, 0) is 36.8 Å². The minimum absolute atomic E-state index is 0.382. The van der Waals surface area contributed by atoms with Gasteiger partial charge in [0, 0.05) is 33.2 Å². The molecule has 1 aromatic carbocycles. The molecule has 4 rings (SSSR count). The summed E-state index contributed by atoms with van der Waals surface area (Å²) in [5, 5.41) is 7.01. The van der Waals surface area contributed by atoms with Crippen molar-refractivity contribution in [1.29, 1.82) is 0 Å². The maximum atomic E-state index is 5.91. The second-order valence-electron chi connectivity index (χ2n) is 7.15. The summed E-state index contributed by atoms with van der Waals surface area (Å²) in [6.45, 7) is 4.17. The van der Waals surface area contributed by atoms with Crippen LogP contribution in [0, 0.1) is 0 Å². The predicted octanol–water partition coefficient (Wildman–Crippen LogP) is 1.53. The van der Waals surface area contributed by atoms with Gasteiger partial charge in [-0.25, -0.2) is 0 Å². The molecular formula is C19H28N4O. The maximum Gasteiger partial charge on any atom is 0.191 e. The number of benzene rings is 1. The molecule has 3 aliphatic rings. The van der Waals surface area contributed by atoms with Crippen LogP contribution < -0.4 is 10.6 Å². The first kappa shape index (κ1) is 15.9. The number of hydrogen-bond acceptors (Lipinski definition) is 3. The summed E-state index contributed by atoms with van der Waals surface area (Å²) >= 11 is 0. The molecule has 0 radical (unpaired) electrons. The van der Waals surface area contributed by atoms with Crippen LogP contribution in [0.1, 0.15) is 30.4 Å². The number of nitrogens with one attached hydrogen (secondary N) is 2. The predicted molar refractivity (Wildman–Crippen MR) is 96.2 cm³/mol. The molecule has 2 saturated heterocycles. The summed E-state index contributed by atoms with van der Waals surface area (Å²) in [6, 6.07) is 9.23. The van der Waals surface area contributed by atoms with E-state index >= 15 is 0 Å². The van der Waals surface area contributed by atoms with Gasteiger partial charge in [-0.2, -0.15) is 0 Å². The van der Waals surface area contributed by atoms with Crippen LogP contribution in [0.5, 0.6) is 0 Å². The number of guanidine groups is 1. The lowest BCUT2D eigenvalue weighted by atomic mass is 9.96. The number of nitrogens with zero attached hydrogens (tertiary/aromatic N) is 2. The first-order valence-corrected chi connectivity index (χ1v) is 9.23. The lowest BCUT2D eigenvalue weighted by molar-refractivity contribution is 0.0992. The molecule has 2 bridgehead atoms. The number of aliphatic imine (C=N–C) groups is 1. The molecule has 130 valence electrons. The fourth-order valence-electron chi connectivity index (χ4n) is 4.24. The van der Waals surface area contributed by atoms with Crippen molar-refractivity contribution in [2.75, 3.05) is 26.7 Å². The van der Waals surface area contributed by atoms with E-state index in [1.807, 2.05) is 7.05 Å². The highest BCUT2D eigenvalue weighted by atomic mass is 16.5. The van der Waals surface area contributed by atoms with E-state index in [0.717, 1.165) is 45.0 Å². The SMILES string of the molecule is CN=C(NCCN1CCc2ccccc2C1)NC1CC2CCC1O2. The molecule has 3 unspecified atom stereocenters. The van der Waals surface area contributed by atoms with Crippen LogP contribution in [0.2, 0.25) is 0 Å². The second kappa shape index (κ2) is 7.11. The molecule has 2 N–H and O–H groups in total. The molecular weight excluding hydrogens is 300 g/mol. The zero-order chi connectivity index (χ0) is 16.4. The topological polar surface area (TPSA) is 48.9 Å². The molecule has 0 saturated carbocycles. The molecule has 5 nitrogen and oxygen atoms in total. The second-order valence-corrected chi connectivity index (χ2v) is 7.15. The van der Waals surface area contributed by atoms with E-state index < -0.39 is 0 Å². The Hall–Kier alpha value is -1.59. The van der Waals surface area contributed by atoms with Crippen molar-refractivity contribution >= 4 is 5.96 Å². The minimum Gasteiger partial charge on any atom is -0.373 e. The lowest BCUT2D eigenvalue weighted by Crippen LogP contribution is -2.49. The van der Waals surface area contributed by atoms with Gasteiger partial charge in [-0.15, -0.1) is 0 Å². The fraction of sp³-hybridized carbons (Fsp3) is 0.632. The molecule has 0 amide bonds. The van der Waals surface area contributed by atoms with Gasteiger partial charge < -0.3 is 15.4 Å². The smallest absolute Gasteiger partial charge is 0.191 e. The van der Waals surface area contributed by atoms with E-state index in [1.54, 1.807) is 0 Å². The standard InChI is InChI=1S/C19H28N4O/c1-20-19(22-17-12-16-6-7-18(17)24-16)21-9-11-23-10-8-14-4-2-3-5-15(14)13-23/h2-5,16-18H,6-13H2,1H3,(H2,20,21,22). The quantitative estimate of drug-likeness (QED) is 0.650. The van der Waals surface area contributed by atoms with Crippen LogP contribution in [-0.4, -0.2) is 55.8 Å². The average molecular weight is 328 g/mol. The zero-order valence-corrected chi connectivity index (χ0v) is 14.5. The van der Waals surface area contributed by atoms with Crippen LogP contribution in [0.3, 0.4) is 0 Å². The molecule has 3 heterocycles. The van der Waals surface area contributed by atoms with E-state index in [0.29, 0.717) is 18.2 Å². The maximum absolute atomic E-state index is 5.91. The molecule has 3 atom stereocenters. The molecule has 0 aromatic heterocycles. The highest BCUT2D eigenvalue weighted by Crippen LogP contribution is 2.34. The third-order valence-electron chi connectivity index (χ3n) is 5.58. The van der Waals surface area contributed by atoms with Gasteiger partial charge in [0.15, 0.2) is 5.96 Å². The van der Waals surface area contributed by atoms with Crippen molar-refractivity contribution in [3.8, 4) is 0 Å². The number of rotatable bonds is 4. The van der Waals surface area contributed by atoms with Gasteiger partial charge in [0.25, 0.3) is 0 Å². The van der Waals surface area contributed by atoms with Crippen molar-refractivity contribution in [2.45, 2.75) is 50.5 Å². The molecule has 24 heavy (non-hydrogen) atoms. The molecule has 2 fully saturated rings. The highest BCUT2D eigenvalue weighted by Gasteiger charge is 2.41. The number of fused-ring (bicyclic) bond motifs is 3. The molecule has 0 aliphatic carbocycles. The normalized spacial score (nSPS) is 29.5. The summed E-state index contributed by atoms with van der Waals surface area (Å²) in [4.78, 5) is 6.89. The van der Waals surface area contributed by atoms with Crippen molar-refractivity contribution in [1.82, 2.24) is 15.5 Å². The Bertz CT molecular complexity index is 603. The number of ether oxygens (including phenoxy) is 1. The third kappa shape index (κ3) is 3.42. The van der Waals surface area contributed by atoms with Crippen LogP contribution in [-0.2, 0) is 17.7 Å². The van der Waals surface area contributed by atoms with Crippen LogP contribution in [0.25, 0.3) is 0 Å². The summed E-state index contributed by atoms with van der Waals surface area (Å²) in [7, 11) is 1.85. The largest absolute Gasteiger partial charge is 0.373 e. The fourth-order valence-corrected chi connectivity index (χ4v) is 4.24. The van der Waals surface area contributed by atoms with Crippen LogP contribution in [0.15, 0.2) is 29.3 Å². The Morgan fingerprint density at radius 3 is 2.92 bits per heavy atom. The van der Waals surface area contributed by atoms with Crippen LogP contribution >= 0.6 is 0 Å². The van der Waals surface area contributed by atoms with E-state index in [9.17, 15) is 0 Å². The summed E-state index contributed by atoms with van der Waals surface area (Å²) < 4.78 is 5.91. The van der Waals surface area contributed by atoms with Gasteiger partial charge in [0.1, 0.15) is 0 Å². The summed E-state index contributed by atoms with van der Waals surface area (Å²) in [5.74, 6) is 0.911. The Morgan fingerprint density at radius 2 is 2.17 bits per heavy atom. The van der Waals surface area contributed by atoms with E-state index in [-0.39, 0.29) is 0 Å². The molecule has 1 aromatic rings. The number of hydrogen-bond donors (Lipinski definition) is 2. The van der Waals surface area contributed by atoms with Crippen LogP contribution in [0.4, 0.5) is 0 Å². The minimum atomic E-state index is 0.382. The first-order valence-electron chi connectivity index (χ1n) is 9.23. The lowest BCUT2D eigenvalue weighted by Gasteiger charge is -2.29. The van der Waals surface area contributed by atoms with Crippen molar-refractivity contribution in [3.63, 3.8) is 0 Å². The summed E-state index contributed by atoms with van der Waals surface area (Å²) in [5.41, 5.74) is 2.99. The van der Waals surface area contributed by atoms with E-state index in [4.69, 9.17) is 4.74 Å². The van der Waals surface area contributed by atoms with E-state index in [2.05, 4.69) is 44.8 Å². The van der Waals surface area contributed by atoms with Gasteiger partial charge in [0.05, 0.1) is 18.2 Å².